The van der Waals surface area contributed by atoms with E-state index in [1.165, 1.54) is 0 Å². The first-order valence-electron chi connectivity index (χ1n) is 8.54. The minimum atomic E-state index is 0.123. The first kappa shape index (κ1) is 15.6. The van der Waals surface area contributed by atoms with Gasteiger partial charge in [0.05, 0.1) is 0 Å². The van der Waals surface area contributed by atoms with E-state index >= 15 is 0 Å². The predicted octanol–water partition coefficient (Wildman–Crippen LogP) is 2.67. The van der Waals surface area contributed by atoms with E-state index in [1.807, 2.05) is 55.3 Å². The van der Waals surface area contributed by atoms with Gasteiger partial charge in [0.2, 0.25) is 0 Å². The lowest BCUT2D eigenvalue weighted by Gasteiger charge is -2.19. The number of carbonyl (C=O) groups excluding carboxylic acids is 1. The Labute approximate surface area is 146 Å². The number of hydrogen-bond acceptors (Lipinski definition) is 4. The molecule has 0 radical (unpaired) electrons. The average molecular weight is 335 g/mol. The lowest BCUT2D eigenvalue weighted by Crippen LogP contribution is -2.32. The molecule has 1 N–H and O–H groups in total. The van der Waals surface area contributed by atoms with Crippen LogP contribution < -0.4 is 5.32 Å². The molecule has 0 bridgehead atoms. The third kappa shape index (κ3) is 2.95. The third-order valence-electron chi connectivity index (χ3n) is 4.78. The van der Waals surface area contributed by atoms with Crippen LogP contribution in [-0.4, -0.2) is 44.5 Å². The van der Waals surface area contributed by atoms with Crippen LogP contribution in [0.15, 0.2) is 42.7 Å². The van der Waals surface area contributed by atoms with E-state index in [9.17, 15) is 4.79 Å². The zero-order valence-corrected chi connectivity index (χ0v) is 14.4. The molecule has 4 rings (SSSR count). The van der Waals surface area contributed by atoms with Gasteiger partial charge in [0.15, 0.2) is 5.65 Å². The average Bonchev–Trinajstić information content (AvgIpc) is 3.23. The molecule has 128 valence electrons. The van der Waals surface area contributed by atoms with Crippen LogP contribution in [0.25, 0.3) is 5.65 Å². The number of carbonyl (C=O) groups is 1. The zero-order valence-electron chi connectivity index (χ0n) is 14.4. The van der Waals surface area contributed by atoms with Gasteiger partial charge < -0.3 is 10.2 Å². The summed E-state index contributed by atoms with van der Waals surface area (Å²) >= 11 is 0. The second kappa shape index (κ2) is 6.20. The molecule has 1 aromatic carbocycles. The van der Waals surface area contributed by atoms with Crippen LogP contribution in [0, 0.1) is 13.8 Å². The Bertz CT molecular complexity index is 912. The summed E-state index contributed by atoms with van der Waals surface area (Å²) in [6.07, 6.45) is 4.47. The molecule has 1 aliphatic heterocycles. The fraction of sp³-hybridized carbons (Fsp3) is 0.316. The molecule has 6 heteroatoms. The number of likely N-dealkylation sites (tertiary alicyclic amines) is 1. The van der Waals surface area contributed by atoms with Crippen LogP contribution in [0.2, 0.25) is 0 Å². The van der Waals surface area contributed by atoms with Crippen molar-refractivity contribution in [3.05, 3.63) is 59.4 Å². The second-order valence-corrected chi connectivity index (χ2v) is 6.60. The molecular weight excluding hydrogens is 314 g/mol. The van der Waals surface area contributed by atoms with E-state index in [0.29, 0.717) is 6.54 Å². The number of amides is 1. The summed E-state index contributed by atoms with van der Waals surface area (Å²) in [6, 6.07) is 10.1. The molecule has 1 fully saturated rings. The molecule has 0 aliphatic carbocycles. The maximum atomic E-state index is 12.9. The smallest absolute Gasteiger partial charge is 0.254 e. The van der Waals surface area contributed by atoms with Crippen molar-refractivity contribution in [1.29, 1.82) is 0 Å². The first-order valence-corrected chi connectivity index (χ1v) is 8.54. The molecule has 0 unspecified atom stereocenters. The molecule has 3 aromatic rings. The number of imidazole rings is 1. The van der Waals surface area contributed by atoms with Crippen LogP contribution in [-0.2, 0) is 0 Å². The normalized spacial score (nSPS) is 17.2. The largest absolute Gasteiger partial charge is 0.364 e. The Morgan fingerprint density at radius 2 is 2.00 bits per heavy atom. The highest BCUT2D eigenvalue weighted by Crippen LogP contribution is 2.21. The molecular formula is C19H21N5O. The van der Waals surface area contributed by atoms with E-state index in [0.717, 1.165) is 41.1 Å². The van der Waals surface area contributed by atoms with Crippen molar-refractivity contribution >= 4 is 17.4 Å². The zero-order chi connectivity index (χ0) is 17.4. The van der Waals surface area contributed by atoms with E-state index in [4.69, 9.17) is 0 Å². The van der Waals surface area contributed by atoms with Gasteiger partial charge in [-0.25, -0.2) is 9.50 Å². The fourth-order valence-corrected chi connectivity index (χ4v) is 3.47. The van der Waals surface area contributed by atoms with Crippen LogP contribution >= 0.6 is 0 Å². The molecule has 2 aromatic heterocycles. The molecule has 1 aliphatic rings. The Kier molecular flexibility index (Phi) is 3.87. The number of nitrogens with one attached hydrogen (secondary N) is 1. The van der Waals surface area contributed by atoms with Crippen molar-refractivity contribution in [2.24, 2.45) is 0 Å². The number of nitrogens with zero attached hydrogens (tertiary/aromatic N) is 4. The van der Waals surface area contributed by atoms with Crippen LogP contribution in [0.3, 0.4) is 0 Å². The van der Waals surface area contributed by atoms with Crippen molar-refractivity contribution in [3.8, 4) is 0 Å². The van der Waals surface area contributed by atoms with Gasteiger partial charge >= 0.3 is 0 Å². The molecule has 0 spiro atoms. The van der Waals surface area contributed by atoms with Gasteiger partial charge in [-0.2, -0.15) is 0 Å². The van der Waals surface area contributed by atoms with Crippen molar-refractivity contribution in [2.45, 2.75) is 26.3 Å². The van der Waals surface area contributed by atoms with Crippen molar-refractivity contribution in [2.75, 3.05) is 18.4 Å². The third-order valence-corrected chi connectivity index (χ3v) is 4.78. The van der Waals surface area contributed by atoms with Crippen molar-refractivity contribution < 1.29 is 4.79 Å². The molecule has 3 heterocycles. The Hall–Kier alpha value is -2.89. The molecule has 6 nitrogen and oxygen atoms in total. The van der Waals surface area contributed by atoms with Crippen LogP contribution in [0.1, 0.15) is 27.9 Å². The number of aromatic nitrogens is 3. The summed E-state index contributed by atoms with van der Waals surface area (Å²) in [5, 5.41) is 7.93. The van der Waals surface area contributed by atoms with Gasteiger partial charge in [0, 0.05) is 37.1 Å². The predicted molar refractivity (Wildman–Crippen MR) is 96.8 cm³/mol. The topological polar surface area (TPSA) is 62.5 Å². The van der Waals surface area contributed by atoms with Crippen molar-refractivity contribution in [3.63, 3.8) is 0 Å². The van der Waals surface area contributed by atoms with Gasteiger partial charge in [-0.15, -0.1) is 5.10 Å². The molecule has 25 heavy (non-hydrogen) atoms. The lowest BCUT2D eigenvalue weighted by atomic mass is 10.0. The first-order chi connectivity index (χ1) is 12.1. The number of benzene rings is 1. The van der Waals surface area contributed by atoms with Gasteiger partial charge in [-0.3, -0.25) is 4.79 Å². The molecule has 0 saturated carbocycles. The highest BCUT2D eigenvalue weighted by Gasteiger charge is 2.28. The second-order valence-electron chi connectivity index (χ2n) is 6.60. The standard InChI is InChI=1S/C19H21N5O/c1-13-4-3-5-14(2)18(13)19(25)23-10-8-15(12-23)21-16-6-7-17-20-9-11-24(17)22-16/h3-7,9,11,15H,8,10,12H2,1-2H3,(H,21,22)/t15-/m1/s1. The Morgan fingerprint density at radius 1 is 1.20 bits per heavy atom. The Morgan fingerprint density at radius 3 is 2.80 bits per heavy atom. The van der Waals surface area contributed by atoms with Gasteiger partial charge in [0.25, 0.3) is 5.91 Å². The van der Waals surface area contributed by atoms with E-state index < -0.39 is 0 Å². The summed E-state index contributed by atoms with van der Waals surface area (Å²) in [5.41, 5.74) is 3.73. The van der Waals surface area contributed by atoms with E-state index in [1.54, 1.807) is 10.7 Å². The summed E-state index contributed by atoms with van der Waals surface area (Å²) < 4.78 is 1.75. The van der Waals surface area contributed by atoms with Crippen LogP contribution in [0.5, 0.6) is 0 Å². The SMILES string of the molecule is Cc1cccc(C)c1C(=O)N1CC[C@@H](Nc2ccc3nccn3n2)C1. The summed E-state index contributed by atoms with van der Waals surface area (Å²) in [6.45, 7) is 5.44. The van der Waals surface area contributed by atoms with Gasteiger partial charge in [0.1, 0.15) is 5.82 Å². The number of rotatable bonds is 3. The minimum Gasteiger partial charge on any atom is -0.364 e. The quantitative estimate of drug-likeness (QED) is 0.799. The monoisotopic (exact) mass is 335 g/mol. The Balaban J connectivity index is 1.46. The number of anilines is 1. The van der Waals surface area contributed by atoms with E-state index in [2.05, 4.69) is 15.4 Å². The highest BCUT2D eigenvalue weighted by molar-refractivity contribution is 5.97. The summed E-state index contributed by atoms with van der Waals surface area (Å²) in [4.78, 5) is 19.0. The number of hydrogen-bond donors (Lipinski definition) is 1. The maximum Gasteiger partial charge on any atom is 0.254 e. The number of fused-ring (bicyclic) bond motifs is 1. The fourth-order valence-electron chi connectivity index (χ4n) is 3.47. The van der Waals surface area contributed by atoms with Crippen molar-refractivity contribution in [1.82, 2.24) is 19.5 Å². The molecule has 1 atom stereocenters. The number of aryl methyl sites for hydroxylation is 2. The van der Waals surface area contributed by atoms with Gasteiger partial charge in [-0.05, 0) is 43.5 Å². The van der Waals surface area contributed by atoms with E-state index in [-0.39, 0.29) is 11.9 Å². The molecule has 1 amide bonds. The minimum absolute atomic E-state index is 0.123. The molecule has 1 saturated heterocycles. The lowest BCUT2D eigenvalue weighted by molar-refractivity contribution is 0.0790. The van der Waals surface area contributed by atoms with Crippen LogP contribution in [0.4, 0.5) is 5.82 Å². The maximum absolute atomic E-state index is 12.9. The summed E-state index contributed by atoms with van der Waals surface area (Å²) in [7, 11) is 0. The summed E-state index contributed by atoms with van der Waals surface area (Å²) in [5.74, 6) is 0.926. The highest BCUT2D eigenvalue weighted by atomic mass is 16.2. The van der Waals surface area contributed by atoms with Gasteiger partial charge in [-0.1, -0.05) is 18.2 Å².